The summed E-state index contributed by atoms with van der Waals surface area (Å²) in [6.45, 7) is -0.0756. The lowest BCUT2D eigenvalue weighted by Gasteiger charge is -2.40. The van der Waals surface area contributed by atoms with Crippen LogP contribution in [-0.2, 0) is 9.53 Å². The molecule has 21 heavy (non-hydrogen) atoms. The van der Waals surface area contributed by atoms with Gasteiger partial charge in [0.15, 0.2) is 6.04 Å². The minimum atomic E-state index is -4.34. The molecule has 2 heterocycles. The highest BCUT2D eigenvalue weighted by Crippen LogP contribution is 2.33. The highest BCUT2D eigenvalue weighted by atomic mass is 19.4. The number of hydrogen-bond acceptors (Lipinski definition) is 3. The van der Waals surface area contributed by atoms with E-state index >= 15 is 0 Å². The molecule has 2 amide bonds. The number of urea groups is 1. The standard InChI is InChI=1S/C12H17F3N2O4/c13-12(14,15)8-2-1-3-16(6-8)11(20)17-4-5-21-7-9(17)10(18)19/h8-9H,1-7H2,(H,18,19). The number of amides is 2. The van der Waals surface area contributed by atoms with Gasteiger partial charge in [-0.2, -0.15) is 13.2 Å². The van der Waals surface area contributed by atoms with E-state index in [0.29, 0.717) is 0 Å². The van der Waals surface area contributed by atoms with Crippen molar-refractivity contribution in [2.45, 2.75) is 25.1 Å². The van der Waals surface area contributed by atoms with Crippen LogP contribution in [0.15, 0.2) is 0 Å². The van der Waals surface area contributed by atoms with Gasteiger partial charge in [0.2, 0.25) is 0 Å². The molecule has 2 rings (SSSR count). The van der Waals surface area contributed by atoms with Gasteiger partial charge in [0.05, 0.1) is 19.1 Å². The number of aliphatic carboxylic acids is 1. The predicted molar refractivity (Wildman–Crippen MR) is 64.7 cm³/mol. The maximum atomic E-state index is 12.8. The van der Waals surface area contributed by atoms with Crippen molar-refractivity contribution in [3.63, 3.8) is 0 Å². The molecular weight excluding hydrogens is 293 g/mol. The fraction of sp³-hybridized carbons (Fsp3) is 0.833. The zero-order chi connectivity index (χ0) is 15.6. The van der Waals surface area contributed by atoms with E-state index in [1.54, 1.807) is 0 Å². The number of carboxylic acid groups (broad SMARTS) is 1. The number of morpholine rings is 1. The number of rotatable bonds is 1. The molecule has 0 saturated carbocycles. The third-order valence-corrected chi connectivity index (χ3v) is 3.81. The molecule has 2 fully saturated rings. The van der Waals surface area contributed by atoms with Crippen LogP contribution in [0, 0.1) is 5.92 Å². The first-order chi connectivity index (χ1) is 9.80. The van der Waals surface area contributed by atoms with Crippen LogP contribution in [0.5, 0.6) is 0 Å². The molecule has 0 aromatic carbocycles. The number of piperidine rings is 1. The molecule has 6 nitrogen and oxygen atoms in total. The molecule has 0 aliphatic carbocycles. The van der Waals surface area contributed by atoms with E-state index in [9.17, 15) is 22.8 Å². The van der Waals surface area contributed by atoms with Crippen LogP contribution in [-0.4, -0.2) is 72.0 Å². The number of alkyl halides is 3. The van der Waals surface area contributed by atoms with Gasteiger partial charge in [0.25, 0.3) is 0 Å². The van der Waals surface area contributed by atoms with E-state index in [1.165, 1.54) is 0 Å². The molecule has 2 aliphatic heterocycles. The predicted octanol–water partition coefficient (Wildman–Crippen LogP) is 1.17. The van der Waals surface area contributed by atoms with Crippen molar-refractivity contribution in [2.75, 3.05) is 32.8 Å². The summed E-state index contributed by atoms with van der Waals surface area (Å²) in [5.74, 6) is -2.76. The molecular formula is C12H17F3N2O4. The Hall–Kier alpha value is -1.51. The molecule has 9 heteroatoms. The summed E-state index contributed by atoms with van der Waals surface area (Å²) < 4.78 is 43.3. The molecule has 2 aliphatic rings. The van der Waals surface area contributed by atoms with E-state index in [2.05, 4.69) is 0 Å². The molecule has 0 aromatic heterocycles. The van der Waals surface area contributed by atoms with E-state index < -0.39 is 36.7 Å². The summed E-state index contributed by atoms with van der Waals surface area (Å²) in [4.78, 5) is 25.6. The minimum absolute atomic E-state index is 0.00124. The van der Waals surface area contributed by atoms with Crippen LogP contribution in [0.3, 0.4) is 0 Å². The first-order valence-electron chi connectivity index (χ1n) is 6.73. The molecule has 0 radical (unpaired) electrons. The van der Waals surface area contributed by atoms with Crippen molar-refractivity contribution in [1.82, 2.24) is 9.80 Å². The third kappa shape index (κ3) is 3.58. The van der Waals surface area contributed by atoms with Gasteiger partial charge in [-0.1, -0.05) is 0 Å². The van der Waals surface area contributed by atoms with Gasteiger partial charge in [0, 0.05) is 19.6 Å². The van der Waals surface area contributed by atoms with Crippen molar-refractivity contribution in [1.29, 1.82) is 0 Å². The Morgan fingerprint density at radius 3 is 2.57 bits per heavy atom. The second kappa shape index (κ2) is 6.08. The number of hydrogen-bond donors (Lipinski definition) is 1. The van der Waals surface area contributed by atoms with Crippen molar-refractivity contribution in [3.05, 3.63) is 0 Å². The van der Waals surface area contributed by atoms with Crippen LogP contribution in [0.1, 0.15) is 12.8 Å². The van der Waals surface area contributed by atoms with Gasteiger partial charge in [-0.25, -0.2) is 9.59 Å². The van der Waals surface area contributed by atoms with Crippen LogP contribution in [0.25, 0.3) is 0 Å². The molecule has 1 N–H and O–H groups in total. The number of nitrogens with zero attached hydrogens (tertiary/aromatic N) is 2. The topological polar surface area (TPSA) is 70.1 Å². The largest absolute Gasteiger partial charge is 0.480 e. The first kappa shape index (κ1) is 15.9. The Labute approximate surface area is 119 Å². The van der Waals surface area contributed by atoms with Crippen LogP contribution in [0.2, 0.25) is 0 Å². The SMILES string of the molecule is O=C(O)C1COCCN1C(=O)N1CCCC(C(F)(F)F)C1. The highest BCUT2D eigenvalue weighted by Gasteiger charge is 2.44. The maximum absolute atomic E-state index is 12.8. The monoisotopic (exact) mass is 310 g/mol. The van der Waals surface area contributed by atoms with Gasteiger partial charge >= 0.3 is 18.2 Å². The Morgan fingerprint density at radius 1 is 1.24 bits per heavy atom. The van der Waals surface area contributed by atoms with E-state index in [0.717, 1.165) is 9.80 Å². The summed E-state index contributed by atoms with van der Waals surface area (Å²) in [5.41, 5.74) is 0. The second-order valence-corrected chi connectivity index (χ2v) is 5.23. The van der Waals surface area contributed by atoms with E-state index in [-0.39, 0.29) is 39.1 Å². The Balaban J connectivity index is 2.06. The average molecular weight is 310 g/mol. The summed E-state index contributed by atoms with van der Waals surface area (Å²) in [6.07, 6.45) is -4.08. The fourth-order valence-electron chi connectivity index (χ4n) is 2.64. The minimum Gasteiger partial charge on any atom is -0.480 e. The third-order valence-electron chi connectivity index (χ3n) is 3.81. The number of carbonyl (C=O) groups is 2. The van der Waals surface area contributed by atoms with Gasteiger partial charge < -0.3 is 19.6 Å². The van der Waals surface area contributed by atoms with Gasteiger partial charge in [-0.3, -0.25) is 0 Å². The molecule has 2 saturated heterocycles. The zero-order valence-electron chi connectivity index (χ0n) is 11.3. The number of carboxylic acids is 1. The molecule has 2 atom stereocenters. The normalized spacial score (nSPS) is 27.6. The van der Waals surface area contributed by atoms with Crippen LogP contribution in [0.4, 0.5) is 18.0 Å². The smallest absolute Gasteiger partial charge is 0.393 e. The Bertz CT molecular complexity index is 416. The lowest BCUT2D eigenvalue weighted by molar-refractivity contribution is -0.184. The first-order valence-corrected chi connectivity index (χ1v) is 6.73. The maximum Gasteiger partial charge on any atom is 0.393 e. The highest BCUT2D eigenvalue weighted by molar-refractivity contribution is 5.83. The quantitative estimate of drug-likeness (QED) is 0.789. The number of ether oxygens (including phenoxy) is 1. The number of halogens is 3. The van der Waals surface area contributed by atoms with Crippen molar-refractivity contribution >= 4 is 12.0 Å². The summed E-state index contributed by atoms with van der Waals surface area (Å²) in [5, 5.41) is 9.06. The molecule has 0 spiro atoms. The number of likely N-dealkylation sites (tertiary alicyclic amines) is 1. The zero-order valence-corrected chi connectivity index (χ0v) is 11.3. The molecule has 120 valence electrons. The van der Waals surface area contributed by atoms with Crippen molar-refractivity contribution in [3.8, 4) is 0 Å². The van der Waals surface area contributed by atoms with Crippen LogP contribution < -0.4 is 0 Å². The molecule has 2 unspecified atom stereocenters. The van der Waals surface area contributed by atoms with Crippen molar-refractivity contribution < 1.29 is 32.6 Å². The Morgan fingerprint density at radius 2 is 1.95 bits per heavy atom. The van der Waals surface area contributed by atoms with Gasteiger partial charge in [0.1, 0.15) is 0 Å². The fourth-order valence-corrected chi connectivity index (χ4v) is 2.64. The number of carbonyl (C=O) groups excluding carboxylic acids is 1. The lowest BCUT2D eigenvalue weighted by Crippen LogP contribution is -2.58. The average Bonchev–Trinajstić information content (AvgIpc) is 2.45. The van der Waals surface area contributed by atoms with Crippen molar-refractivity contribution in [2.24, 2.45) is 5.92 Å². The van der Waals surface area contributed by atoms with E-state index in [4.69, 9.17) is 9.84 Å². The Kier molecular flexibility index (Phi) is 4.60. The van der Waals surface area contributed by atoms with Crippen LogP contribution >= 0.6 is 0 Å². The lowest BCUT2D eigenvalue weighted by atomic mass is 9.98. The van der Waals surface area contributed by atoms with Gasteiger partial charge in [-0.05, 0) is 12.8 Å². The summed E-state index contributed by atoms with van der Waals surface area (Å²) in [7, 11) is 0. The molecule has 0 aromatic rings. The molecule has 0 bridgehead atoms. The van der Waals surface area contributed by atoms with E-state index in [1.807, 2.05) is 0 Å². The summed E-state index contributed by atoms with van der Waals surface area (Å²) in [6, 6.07) is -1.79. The second-order valence-electron chi connectivity index (χ2n) is 5.23. The summed E-state index contributed by atoms with van der Waals surface area (Å²) >= 11 is 0. The van der Waals surface area contributed by atoms with Gasteiger partial charge in [-0.15, -0.1) is 0 Å².